The molecule has 2 amide bonds. The molecule has 27 heavy (non-hydrogen) atoms. The molecule has 4 rings (SSSR count). The molecule has 0 bridgehead atoms. The van der Waals surface area contributed by atoms with Gasteiger partial charge in [-0.2, -0.15) is 5.10 Å². The van der Waals surface area contributed by atoms with Gasteiger partial charge in [0.15, 0.2) is 0 Å². The fraction of sp³-hybridized carbons (Fsp3) is 0.211. The number of halogens is 1. The van der Waals surface area contributed by atoms with Crippen molar-refractivity contribution in [2.75, 3.05) is 16.9 Å². The summed E-state index contributed by atoms with van der Waals surface area (Å²) >= 11 is 1.52. The fourth-order valence-corrected chi connectivity index (χ4v) is 4.28. The lowest BCUT2D eigenvalue weighted by atomic mass is 10.1. The van der Waals surface area contributed by atoms with Crippen LogP contribution in [0.4, 0.5) is 10.1 Å². The summed E-state index contributed by atoms with van der Waals surface area (Å²) in [7, 11) is 0. The van der Waals surface area contributed by atoms with Crippen LogP contribution < -0.4 is 5.32 Å². The lowest BCUT2D eigenvalue weighted by molar-refractivity contribution is -0.135. The zero-order chi connectivity index (χ0) is 18.8. The molecule has 2 aromatic carbocycles. The average Bonchev–Trinajstić information content (AvgIpc) is 3.29. The highest BCUT2D eigenvalue weighted by molar-refractivity contribution is 7.99. The highest BCUT2D eigenvalue weighted by Crippen LogP contribution is 2.24. The van der Waals surface area contributed by atoms with Crippen molar-refractivity contribution in [1.29, 1.82) is 0 Å². The predicted molar refractivity (Wildman–Crippen MR) is 103 cm³/mol. The summed E-state index contributed by atoms with van der Waals surface area (Å²) in [6, 6.07) is 12.7. The molecule has 0 spiro atoms. The predicted octanol–water partition coefficient (Wildman–Crippen LogP) is 2.78. The Hall–Kier alpha value is -2.87. The van der Waals surface area contributed by atoms with E-state index in [4.69, 9.17) is 0 Å². The van der Waals surface area contributed by atoms with Crippen LogP contribution >= 0.6 is 11.8 Å². The summed E-state index contributed by atoms with van der Waals surface area (Å²) < 4.78 is 13.3. The van der Waals surface area contributed by atoms with E-state index in [0.29, 0.717) is 17.3 Å². The highest BCUT2D eigenvalue weighted by Gasteiger charge is 2.35. The molecule has 0 aliphatic carbocycles. The van der Waals surface area contributed by atoms with Crippen LogP contribution in [0.5, 0.6) is 0 Å². The summed E-state index contributed by atoms with van der Waals surface area (Å²) in [6.07, 6.45) is 0.144. The normalized spacial score (nSPS) is 16.6. The van der Waals surface area contributed by atoms with Gasteiger partial charge in [-0.1, -0.05) is 24.3 Å². The van der Waals surface area contributed by atoms with Crippen molar-refractivity contribution in [1.82, 2.24) is 15.1 Å². The Morgan fingerprint density at radius 3 is 2.96 bits per heavy atom. The molecule has 3 aromatic rings. The number of amides is 2. The second-order valence-electron chi connectivity index (χ2n) is 6.27. The number of para-hydroxylation sites is 1. The van der Waals surface area contributed by atoms with Crippen LogP contribution in [-0.2, 0) is 16.0 Å². The van der Waals surface area contributed by atoms with Crippen LogP contribution in [0, 0.1) is 5.82 Å². The number of benzene rings is 2. The number of carbonyl (C=O) groups excluding carboxylic acids is 2. The van der Waals surface area contributed by atoms with Gasteiger partial charge in [-0.25, -0.2) is 4.39 Å². The Balaban J connectivity index is 1.47. The maximum atomic E-state index is 13.3. The number of hydrogen-bond donors (Lipinski definition) is 2. The Kier molecular flexibility index (Phi) is 4.81. The van der Waals surface area contributed by atoms with Crippen molar-refractivity contribution in [3.8, 4) is 0 Å². The summed E-state index contributed by atoms with van der Waals surface area (Å²) in [5, 5.41) is 10.7. The minimum atomic E-state index is -0.583. The molecule has 2 N–H and O–H groups in total. The second kappa shape index (κ2) is 7.40. The smallest absolute Gasteiger partial charge is 0.248 e. The summed E-state index contributed by atoms with van der Waals surface area (Å²) in [5.41, 5.74) is 1.91. The van der Waals surface area contributed by atoms with Crippen LogP contribution in [0.3, 0.4) is 0 Å². The van der Waals surface area contributed by atoms with E-state index in [1.165, 1.54) is 30.0 Å². The van der Waals surface area contributed by atoms with Gasteiger partial charge < -0.3 is 10.2 Å². The Labute approximate surface area is 159 Å². The van der Waals surface area contributed by atoms with Crippen molar-refractivity contribution in [3.63, 3.8) is 0 Å². The molecular weight excluding hydrogens is 367 g/mol. The minimum absolute atomic E-state index is 0.144. The van der Waals surface area contributed by atoms with E-state index < -0.39 is 11.9 Å². The number of aromatic nitrogens is 2. The monoisotopic (exact) mass is 384 g/mol. The molecule has 138 valence electrons. The maximum Gasteiger partial charge on any atom is 0.248 e. The van der Waals surface area contributed by atoms with Crippen molar-refractivity contribution >= 4 is 40.2 Å². The first-order chi connectivity index (χ1) is 13.1. The van der Waals surface area contributed by atoms with E-state index in [-0.39, 0.29) is 18.2 Å². The number of nitrogens with one attached hydrogen (secondary N) is 2. The number of carbonyl (C=O) groups is 2. The SMILES string of the molecule is O=C(Nc1cccc(F)c1)C1CSCN1C(=O)Cc1[nH]nc2ccccc12. The molecule has 1 atom stereocenters. The van der Waals surface area contributed by atoms with Gasteiger partial charge >= 0.3 is 0 Å². The standard InChI is InChI=1S/C19H17FN4O2S/c20-12-4-3-5-13(8-12)21-19(26)17-10-27-11-24(17)18(25)9-16-14-6-1-2-7-15(14)22-23-16/h1-8,17H,9-11H2,(H,21,26)(H,22,23). The number of aromatic amines is 1. The maximum absolute atomic E-state index is 13.3. The van der Waals surface area contributed by atoms with Crippen LogP contribution in [0.2, 0.25) is 0 Å². The first-order valence-corrected chi connectivity index (χ1v) is 9.63. The van der Waals surface area contributed by atoms with E-state index in [2.05, 4.69) is 15.5 Å². The third-order valence-electron chi connectivity index (χ3n) is 4.47. The quantitative estimate of drug-likeness (QED) is 0.725. The molecular formula is C19H17FN4O2S. The van der Waals surface area contributed by atoms with Crippen molar-refractivity contribution in [2.24, 2.45) is 0 Å². The molecule has 6 nitrogen and oxygen atoms in total. The lowest BCUT2D eigenvalue weighted by Crippen LogP contribution is -2.45. The zero-order valence-electron chi connectivity index (χ0n) is 14.3. The van der Waals surface area contributed by atoms with Crippen molar-refractivity contribution in [2.45, 2.75) is 12.5 Å². The topological polar surface area (TPSA) is 78.1 Å². The molecule has 1 aliphatic heterocycles. The van der Waals surface area contributed by atoms with Gasteiger partial charge in [-0.3, -0.25) is 14.7 Å². The van der Waals surface area contributed by atoms with Gasteiger partial charge in [0.05, 0.1) is 23.5 Å². The third kappa shape index (κ3) is 3.66. The zero-order valence-corrected chi connectivity index (χ0v) is 15.1. The number of fused-ring (bicyclic) bond motifs is 1. The summed E-state index contributed by atoms with van der Waals surface area (Å²) in [4.78, 5) is 27.0. The molecule has 8 heteroatoms. The van der Waals surface area contributed by atoms with Crippen LogP contribution in [0.25, 0.3) is 10.9 Å². The Morgan fingerprint density at radius 2 is 2.11 bits per heavy atom. The van der Waals surface area contributed by atoms with Gasteiger partial charge in [0, 0.05) is 16.8 Å². The number of rotatable bonds is 4. The van der Waals surface area contributed by atoms with Crippen molar-refractivity contribution in [3.05, 3.63) is 60.0 Å². The Bertz CT molecular complexity index is 1010. The van der Waals surface area contributed by atoms with Gasteiger partial charge in [-0.05, 0) is 24.3 Å². The van der Waals surface area contributed by atoms with Crippen LogP contribution in [0.15, 0.2) is 48.5 Å². The fourth-order valence-electron chi connectivity index (χ4n) is 3.10. The van der Waals surface area contributed by atoms with Gasteiger partial charge in [0.25, 0.3) is 0 Å². The minimum Gasteiger partial charge on any atom is -0.324 e. The largest absolute Gasteiger partial charge is 0.324 e. The number of nitrogens with zero attached hydrogens (tertiary/aromatic N) is 2. The first kappa shape index (κ1) is 17.5. The van der Waals surface area contributed by atoms with Crippen LogP contribution in [0.1, 0.15) is 5.69 Å². The van der Waals surface area contributed by atoms with Crippen LogP contribution in [-0.4, -0.2) is 44.6 Å². The lowest BCUT2D eigenvalue weighted by Gasteiger charge is -2.23. The average molecular weight is 384 g/mol. The van der Waals surface area contributed by atoms with Gasteiger partial charge in [0.1, 0.15) is 11.9 Å². The van der Waals surface area contributed by atoms with Gasteiger partial charge in [-0.15, -0.1) is 11.8 Å². The van der Waals surface area contributed by atoms with Crippen molar-refractivity contribution < 1.29 is 14.0 Å². The highest BCUT2D eigenvalue weighted by atomic mass is 32.2. The van der Waals surface area contributed by atoms with E-state index >= 15 is 0 Å². The number of H-pyrrole nitrogens is 1. The molecule has 0 saturated carbocycles. The number of thioether (sulfide) groups is 1. The van der Waals surface area contributed by atoms with E-state index in [0.717, 1.165) is 16.6 Å². The molecule has 1 unspecified atom stereocenters. The molecule has 1 aromatic heterocycles. The molecule has 0 radical (unpaired) electrons. The molecule has 1 aliphatic rings. The van der Waals surface area contributed by atoms with Gasteiger partial charge in [0.2, 0.25) is 11.8 Å². The number of hydrogen-bond acceptors (Lipinski definition) is 4. The summed E-state index contributed by atoms with van der Waals surface area (Å²) in [6.45, 7) is 0. The first-order valence-electron chi connectivity index (χ1n) is 8.47. The summed E-state index contributed by atoms with van der Waals surface area (Å²) in [5.74, 6) is 0.0813. The molecule has 1 saturated heterocycles. The second-order valence-corrected chi connectivity index (χ2v) is 7.27. The third-order valence-corrected chi connectivity index (χ3v) is 5.48. The molecule has 2 heterocycles. The molecule has 1 fully saturated rings. The van der Waals surface area contributed by atoms with E-state index in [9.17, 15) is 14.0 Å². The van der Waals surface area contributed by atoms with E-state index in [1.54, 1.807) is 11.0 Å². The number of anilines is 1. The van der Waals surface area contributed by atoms with E-state index in [1.807, 2.05) is 24.3 Å². The Morgan fingerprint density at radius 1 is 1.26 bits per heavy atom.